The first kappa shape index (κ1) is 42.1. The fourth-order valence-electron chi connectivity index (χ4n) is 6.80. The first-order valence-electron chi connectivity index (χ1n) is 17.9. The molecule has 0 saturated carbocycles. The molecule has 288 valence electrons. The van der Waals surface area contributed by atoms with Gasteiger partial charge < -0.3 is 10.0 Å². The Kier molecular flexibility index (Phi) is 13.7. The molecule has 2 aromatic heterocycles. The van der Waals surface area contributed by atoms with Crippen molar-refractivity contribution in [2.75, 3.05) is 0 Å². The fourth-order valence-corrected chi connectivity index (χ4v) is 9.74. The lowest BCUT2D eigenvalue weighted by atomic mass is 9.79. The van der Waals surface area contributed by atoms with Gasteiger partial charge in [0.2, 0.25) is 0 Å². The zero-order valence-electron chi connectivity index (χ0n) is 29.7. The predicted molar refractivity (Wildman–Crippen MR) is 252 cm³/mol. The number of rotatable bonds is 4. The summed E-state index contributed by atoms with van der Waals surface area (Å²) >= 11 is 6.49. The maximum Gasteiger partial charge on any atom is 0.488 e. The molecule has 0 unspecified atom stereocenters. The van der Waals surface area contributed by atoms with E-state index in [-0.39, 0.29) is 26.5 Å². The minimum atomic E-state index is -1.41. The van der Waals surface area contributed by atoms with Gasteiger partial charge in [-0.15, -0.1) is 22.7 Å². The van der Waals surface area contributed by atoms with E-state index in [4.69, 9.17) is 10.0 Å². The number of fused-ring (bicyclic) bond motifs is 6. The first-order valence-corrected chi connectivity index (χ1v) is 20.3. The molecule has 8 heteroatoms. The lowest BCUT2D eigenvalue weighted by Crippen LogP contribution is -2.29. The lowest BCUT2D eigenvalue weighted by molar-refractivity contribution is 0.426. The second-order valence-electron chi connectivity index (χ2n) is 13.0. The Morgan fingerprint density at radius 1 is 0.431 bits per heavy atom. The summed E-state index contributed by atoms with van der Waals surface area (Å²) in [5, 5.41) is 22.3. The standard InChI is InChI=1S/C24H15FS.C12H11BO2.C12H6BrFS.2CH4/c25-21-14-13-19(23-20-11-4-5-12-22(20)26-24(21)23)18-10-6-9-17(15-18)16-7-2-1-3-8-16;14-13(15)12-8-4-7-11(9-12)10-5-2-1-3-6-10;13-8-5-6-9(14)12-11(8)7-3-1-2-4-10(7)15-12;;/h1-15H;1-9,14-15H;1-6H;2*1H4. The van der Waals surface area contributed by atoms with Crippen LogP contribution in [-0.2, 0) is 0 Å². The van der Waals surface area contributed by atoms with E-state index < -0.39 is 7.12 Å². The first-order chi connectivity index (χ1) is 27.4. The molecule has 2 N–H and O–H groups in total. The van der Waals surface area contributed by atoms with Gasteiger partial charge in [-0.25, -0.2) is 8.78 Å². The van der Waals surface area contributed by atoms with Crippen LogP contribution in [0.1, 0.15) is 14.9 Å². The third-order valence-corrected chi connectivity index (χ3v) is 12.5. The molecule has 0 fully saturated rings. The summed E-state index contributed by atoms with van der Waals surface area (Å²) < 4.78 is 32.7. The molecule has 0 radical (unpaired) electrons. The van der Waals surface area contributed by atoms with Crippen molar-refractivity contribution in [2.45, 2.75) is 14.9 Å². The van der Waals surface area contributed by atoms with E-state index in [1.54, 1.807) is 24.3 Å². The van der Waals surface area contributed by atoms with E-state index in [0.717, 1.165) is 67.1 Å². The molecule has 0 spiro atoms. The summed E-state index contributed by atoms with van der Waals surface area (Å²) in [6, 6.07) is 58.8. The number of thiophene rings is 2. The number of hydrogen-bond donors (Lipinski definition) is 2. The molecule has 0 amide bonds. The summed E-state index contributed by atoms with van der Waals surface area (Å²) in [6.45, 7) is 0. The van der Waals surface area contributed by atoms with Gasteiger partial charge in [0.1, 0.15) is 11.6 Å². The molecular formula is C50H40BBrF2O2S2. The fraction of sp³-hybridized carbons (Fsp3) is 0.0400. The molecule has 0 atom stereocenters. The third kappa shape index (κ3) is 8.82. The summed E-state index contributed by atoms with van der Waals surface area (Å²) in [5.41, 5.74) is 7.11. The molecule has 0 aliphatic heterocycles. The Morgan fingerprint density at radius 3 is 1.47 bits per heavy atom. The number of halogens is 3. The van der Waals surface area contributed by atoms with Crippen molar-refractivity contribution in [3.05, 3.63) is 198 Å². The monoisotopic (exact) mass is 864 g/mol. The topological polar surface area (TPSA) is 40.5 Å². The van der Waals surface area contributed by atoms with Crippen LogP contribution >= 0.6 is 38.6 Å². The molecule has 2 heterocycles. The molecule has 2 nitrogen and oxygen atoms in total. The molecule has 10 rings (SSSR count). The second kappa shape index (κ2) is 18.9. The Bertz CT molecular complexity index is 2950. The van der Waals surface area contributed by atoms with E-state index in [0.29, 0.717) is 5.46 Å². The molecule has 0 saturated heterocycles. The van der Waals surface area contributed by atoms with Crippen molar-refractivity contribution < 1.29 is 18.8 Å². The summed E-state index contributed by atoms with van der Waals surface area (Å²) in [7, 11) is -1.41. The van der Waals surface area contributed by atoms with Crippen LogP contribution < -0.4 is 5.46 Å². The van der Waals surface area contributed by atoms with Crippen LogP contribution in [0, 0.1) is 11.6 Å². The Hall–Kier alpha value is -5.48. The highest BCUT2D eigenvalue weighted by atomic mass is 79.9. The largest absolute Gasteiger partial charge is 0.488 e. The molecule has 0 aliphatic rings. The lowest BCUT2D eigenvalue weighted by Gasteiger charge is -2.08. The van der Waals surface area contributed by atoms with Crippen LogP contribution in [-0.4, -0.2) is 17.2 Å². The maximum atomic E-state index is 14.5. The Labute approximate surface area is 354 Å². The van der Waals surface area contributed by atoms with Crippen molar-refractivity contribution in [3.8, 4) is 33.4 Å². The van der Waals surface area contributed by atoms with Crippen molar-refractivity contribution in [1.82, 2.24) is 0 Å². The minimum absolute atomic E-state index is 0. The molecular weight excluding hydrogens is 825 g/mol. The number of benzene rings is 8. The van der Waals surface area contributed by atoms with Gasteiger partial charge in [-0.2, -0.15) is 0 Å². The van der Waals surface area contributed by atoms with Gasteiger partial charge in [-0.05, 0) is 75.2 Å². The van der Waals surface area contributed by atoms with Crippen molar-refractivity contribution in [3.63, 3.8) is 0 Å². The highest BCUT2D eigenvalue weighted by Gasteiger charge is 2.15. The number of hydrogen-bond acceptors (Lipinski definition) is 4. The van der Waals surface area contributed by atoms with E-state index in [1.807, 2.05) is 103 Å². The molecule has 58 heavy (non-hydrogen) atoms. The molecule has 10 aromatic rings. The van der Waals surface area contributed by atoms with Crippen LogP contribution in [0.5, 0.6) is 0 Å². The minimum Gasteiger partial charge on any atom is -0.423 e. The van der Waals surface area contributed by atoms with Gasteiger partial charge in [0.05, 0.1) is 9.40 Å². The highest BCUT2D eigenvalue weighted by Crippen LogP contribution is 2.42. The van der Waals surface area contributed by atoms with Gasteiger partial charge in [-0.1, -0.05) is 176 Å². The van der Waals surface area contributed by atoms with Gasteiger partial charge in [0.25, 0.3) is 0 Å². The van der Waals surface area contributed by atoms with Gasteiger partial charge in [0.15, 0.2) is 0 Å². The van der Waals surface area contributed by atoms with Crippen LogP contribution in [0.3, 0.4) is 0 Å². The average Bonchev–Trinajstić information content (AvgIpc) is 3.85. The van der Waals surface area contributed by atoms with Gasteiger partial charge in [0, 0.05) is 35.4 Å². The van der Waals surface area contributed by atoms with Crippen LogP contribution in [0.4, 0.5) is 8.78 Å². The Morgan fingerprint density at radius 2 is 0.879 bits per heavy atom. The normalized spacial score (nSPS) is 10.6. The second-order valence-corrected chi connectivity index (χ2v) is 16.0. The predicted octanol–water partition coefficient (Wildman–Crippen LogP) is 14.8. The highest BCUT2D eigenvalue weighted by molar-refractivity contribution is 9.10. The van der Waals surface area contributed by atoms with Crippen LogP contribution in [0.2, 0.25) is 0 Å². The van der Waals surface area contributed by atoms with Crippen molar-refractivity contribution >= 4 is 91.5 Å². The summed E-state index contributed by atoms with van der Waals surface area (Å²) in [5.74, 6) is -0.293. The maximum absolute atomic E-state index is 14.5. The molecule has 0 bridgehead atoms. The van der Waals surface area contributed by atoms with Crippen LogP contribution in [0.25, 0.3) is 73.7 Å². The van der Waals surface area contributed by atoms with Gasteiger partial charge in [-0.3, -0.25) is 0 Å². The third-order valence-electron chi connectivity index (χ3n) is 9.48. The smallest absolute Gasteiger partial charge is 0.423 e. The van der Waals surface area contributed by atoms with E-state index >= 15 is 0 Å². The molecule has 0 aliphatic carbocycles. The Balaban J connectivity index is 0.000000153. The van der Waals surface area contributed by atoms with Crippen LogP contribution in [0.15, 0.2) is 186 Å². The molecule has 8 aromatic carbocycles. The van der Waals surface area contributed by atoms with E-state index in [2.05, 4.69) is 64.5 Å². The van der Waals surface area contributed by atoms with E-state index in [1.165, 1.54) is 39.9 Å². The quantitative estimate of drug-likeness (QED) is 0.173. The zero-order chi connectivity index (χ0) is 38.6. The van der Waals surface area contributed by atoms with Crippen molar-refractivity contribution in [1.29, 1.82) is 0 Å². The van der Waals surface area contributed by atoms with Crippen molar-refractivity contribution in [2.24, 2.45) is 0 Å². The summed E-state index contributed by atoms with van der Waals surface area (Å²) in [6.07, 6.45) is 0. The average molecular weight is 866 g/mol. The summed E-state index contributed by atoms with van der Waals surface area (Å²) in [4.78, 5) is 0. The van der Waals surface area contributed by atoms with E-state index in [9.17, 15) is 8.78 Å². The van der Waals surface area contributed by atoms with Gasteiger partial charge >= 0.3 is 7.12 Å². The SMILES string of the molecule is C.C.Fc1ccc(-c2cccc(-c3ccccc3)c2)c2c1sc1ccccc12.Fc1ccc(Br)c2c1sc1ccccc12.OB(O)c1cccc(-c2ccccc2)c1. The zero-order valence-corrected chi connectivity index (χ0v) is 33.0.